The van der Waals surface area contributed by atoms with Crippen LogP contribution in [0.1, 0.15) is 50.1 Å². The van der Waals surface area contributed by atoms with Gasteiger partial charge in [-0.1, -0.05) is 6.92 Å². The number of nitrogens with zero attached hydrogens (tertiary/aromatic N) is 2. The number of imidazole rings is 1. The van der Waals surface area contributed by atoms with Crippen LogP contribution in [-0.2, 0) is 11.3 Å². The minimum atomic E-state index is -0.648. The van der Waals surface area contributed by atoms with Gasteiger partial charge in [-0.15, -0.1) is 0 Å². The maximum atomic E-state index is 12.7. The van der Waals surface area contributed by atoms with Gasteiger partial charge in [0, 0.05) is 26.0 Å². The van der Waals surface area contributed by atoms with Crippen molar-refractivity contribution in [1.82, 2.24) is 9.55 Å². The molecule has 4 nitrogen and oxygen atoms in total. The molecule has 0 bridgehead atoms. The van der Waals surface area contributed by atoms with Gasteiger partial charge in [-0.2, -0.15) is 0 Å². The molecule has 1 aliphatic carbocycles. The number of hydrogen-bond acceptors (Lipinski definition) is 3. The third-order valence-corrected chi connectivity index (χ3v) is 4.15. The lowest BCUT2D eigenvalue weighted by Gasteiger charge is -2.36. The summed E-state index contributed by atoms with van der Waals surface area (Å²) >= 11 is 0. The van der Waals surface area contributed by atoms with Gasteiger partial charge >= 0.3 is 0 Å². The molecule has 0 aromatic carbocycles. The summed E-state index contributed by atoms with van der Waals surface area (Å²) in [5, 5.41) is 0. The van der Waals surface area contributed by atoms with E-state index in [2.05, 4.69) is 11.9 Å². The normalized spacial score (nSPS) is 28.3. The molecule has 0 N–H and O–H groups in total. The van der Waals surface area contributed by atoms with Crippen LogP contribution in [0.5, 0.6) is 0 Å². The van der Waals surface area contributed by atoms with Crippen molar-refractivity contribution in [2.45, 2.75) is 51.7 Å². The van der Waals surface area contributed by atoms with Crippen molar-refractivity contribution < 1.29 is 9.53 Å². The molecule has 1 aromatic rings. The van der Waals surface area contributed by atoms with E-state index in [-0.39, 0.29) is 5.78 Å². The van der Waals surface area contributed by atoms with Gasteiger partial charge in [0.05, 0.1) is 0 Å². The molecule has 1 aliphatic rings. The summed E-state index contributed by atoms with van der Waals surface area (Å²) in [4.78, 5) is 16.9. The third-order valence-electron chi connectivity index (χ3n) is 4.15. The maximum Gasteiger partial charge on any atom is 0.229 e. The predicted molar refractivity (Wildman–Crippen MR) is 69.6 cm³/mol. The minimum Gasteiger partial charge on any atom is -0.370 e. The third kappa shape index (κ3) is 2.21. The van der Waals surface area contributed by atoms with Crippen LogP contribution in [-0.4, -0.2) is 28.0 Å². The molecule has 2 rings (SSSR count). The van der Waals surface area contributed by atoms with Crippen molar-refractivity contribution in [2.75, 3.05) is 7.11 Å². The zero-order valence-electron chi connectivity index (χ0n) is 11.5. The first-order chi connectivity index (χ1) is 8.63. The highest BCUT2D eigenvalue weighted by molar-refractivity contribution is 5.99. The highest BCUT2D eigenvalue weighted by atomic mass is 16.5. The van der Waals surface area contributed by atoms with Crippen LogP contribution < -0.4 is 0 Å². The van der Waals surface area contributed by atoms with Crippen molar-refractivity contribution in [3.05, 3.63) is 18.2 Å². The number of ketones is 1. The number of rotatable bonds is 4. The summed E-state index contributed by atoms with van der Waals surface area (Å²) in [6.07, 6.45) is 7.24. The van der Waals surface area contributed by atoms with Gasteiger partial charge in [-0.05, 0) is 38.5 Å². The second-order valence-electron chi connectivity index (χ2n) is 5.25. The molecule has 1 fully saturated rings. The van der Waals surface area contributed by atoms with E-state index in [0.717, 1.165) is 32.2 Å². The fourth-order valence-corrected chi connectivity index (χ4v) is 2.73. The van der Waals surface area contributed by atoms with Crippen LogP contribution in [0.15, 0.2) is 12.4 Å². The van der Waals surface area contributed by atoms with Gasteiger partial charge < -0.3 is 9.30 Å². The molecule has 1 heterocycles. The summed E-state index contributed by atoms with van der Waals surface area (Å²) < 4.78 is 7.50. The minimum absolute atomic E-state index is 0.0451. The van der Waals surface area contributed by atoms with Crippen LogP contribution >= 0.6 is 0 Å². The smallest absolute Gasteiger partial charge is 0.229 e. The number of carbonyl (C=O) groups excluding carboxylic acids is 1. The lowest BCUT2D eigenvalue weighted by atomic mass is 9.77. The van der Waals surface area contributed by atoms with Gasteiger partial charge in [-0.3, -0.25) is 4.79 Å². The maximum absolute atomic E-state index is 12.7. The van der Waals surface area contributed by atoms with E-state index in [0.29, 0.717) is 11.7 Å². The highest BCUT2D eigenvalue weighted by Crippen LogP contribution is 2.36. The Morgan fingerprint density at radius 3 is 2.78 bits per heavy atom. The van der Waals surface area contributed by atoms with E-state index >= 15 is 0 Å². The van der Waals surface area contributed by atoms with Crippen molar-refractivity contribution in [1.29, 1.82) is 0 Å². The Kier molecular flexibility index (Phi) is 3.85. The lowest BCUT2D eigenvalue weighted by Crippen LogP contribution is -2.45. The molecule has 4 heteroatoms. The van der Waals surface area contributed by atoms with Crippen molar-refractivity contribution in [3.63, 3.8) is 0 Å². The second-order valence-corrected chi connectivity index (χ2v) is 5.25. The second kappa shape index (κ2) is 5.22. The summed E-state index contributed by atoms with van der Waals surface area (Å²) in [5.74, 6) is 1.27. The zero-order chi connectivity index (χ0) is 13.2. The Hall–Kier alpha value is -1.16. The molecule has 0 saturated heterocycles. The molecule has 18 heavy (non-hydrogen) atoms. The van der Waals surface area contributed by atoms with Crippen LogP contribution in [0, 0.1) is 5.92 Å². The van der Waals surface area contributed by atoms with E-state index in [1.807, 2.05) is 17.7 Å². The number of ether oxygens (including phenoxy) is 1. The van der Waals surface area contributed by atoms with E-state index in [1.54, 1.807) is 13.3 Å². The summed E-state index contributed by atoms with van der Waals surface area (Å²) in [6, 6.07) is 0. The van der Waals surface area contributed by atoms with Crippen molar-refractivity contribution in [3.8, 4) is 0 Å². The van der Waals surface area contributed by atoms with Crippen LogP contribution in [0.4, 0.5) is 0 Å². The highest BCUT2D eigenvalue weighted by Gasteiger charge is 2.43. The lowest BCUT2D eigenvalue weighted by molar-refractivity contribution is -0.0272. The van der Waals surface area contributed by atoms with E-state index < -0.39 is 5.60 Å². The number of methoxy groups -OCH3 is 1. The van der Waals surface area contributed by atoms with Gasteiger partial charge in [0.1, 0.15) is 5.60 Å². The van der Waals surface area contributed by atoms with E-state index in [1.165, 1.54) is 0 Å². The molecule has 0 aliphatic heterocycles. The Bertz CT molecular complexity index is 417. The number of hydrogen-bond donors (Lipinski definition) is 0. The molecule has 1 aromatic heterocycles. The summed E-state index contributed by atoms with van der Waals surface area (Å²) in [6.45, 7) is 5.01. The first-order valence-electron chi connectivity index (χ1n) is 6.74. The van der Waals surface area contributed by atoms with E-state index in [9.17, 15) is 4.79 Å². The molecule has 0 spiro atoms. The van der Waals surface area contributed by atoms with Gasteiger partial charge in [-0.25, -0.2) is 4.98 Å². The van der Waals surface area contributed by atoms with Crippen molar-refractivity contribution in [2.24, 2.45) is 5.92 Å². The van der Waals surface area contributed by atoms with Crippen LogP contribution in [0.3, 0.4) is 0 Å². The number of carbonyl (C=O) groups is 1. The topological polar surface area (TPSA) is 44.1 Å². The number of aromatic nitrogens is 2. The van der Waals surface area contributed by atoms with Gasteiger partial charge in [0.25, 0.3) is 0 Å². The summed E-state index contributed by atoms with van der Waals surface area (Å²) in [5.41, 5.74) is -0.648. The SMILES string of the molecule is CCn1ccnc1C(=O)C1(OC)CCC(C)CC1. The van der Waals surface area contributed by atoms with Crippen LogP contribution in [0.2, 0.25) is 0 Å². The molecular formula is C14H22N2O2. The molecule has 0 radical (unpaired) electrons. The number of aryl methyl sites for hydroxylation is 1. The average Bonchev–Trinajstić information content (AvgIpc) is 2.87. The van der Waals surface area contributed by atoms with E-state index in [4.69, 9.17) is 4.74 Å². The van der Waals surface area contributed by atoms with Gasteiger partial charge in [0.15, 0.2) is 5.82 Å². The van der Waals surface area contributed by atoms with Gasteiger partial charge in [0.2, 0.25) is 5.78 Å². The predicted octanol–water partition coefficient (Wildman–Crippen LogP) is 2.68. The fraction of sp³-hybridized carbons (Fsp3) is 0.714. The molecule has 0 atom stereocenters. The van der Waals surface area contributed by atoms with Crippen molar-refractivity contribution >= 4 is 5.78 Å². The Morgan fingerprint density at radius 2 is 2.22 bits per heavy atom. The fourth-order valence-electron chi connectivity index (χ4n) is 2.73. The molecule has 100 valence electrons. The molecule has 0 unspecified atom stereocenters. The standard InChI is InChI=1S/C14H22N2O2/c1-4-16-10-9-15-13(16)12(17)14(18-3)7-5-11(2)6-8-14/h9-11H,4-8H2,1-3H3. The van der Waals surface area contributed by atoms with Crippen LogP contribution in [0.25, 0.3) is 0 Å². The number of Topliss-reactive ketones (excluding diaryl/α,β-unsaturated/α-hetero) is 1. The Balaban J connectivity index is 2.25. The quantitative estimate of drug-likeness (QED) is 0.772. The Morgan fingerprint density at radius 1 is 1.56 bits per heavy atom. The summed E-state index contributed by atoms with van der Waals surface area (Å²) in [7, 11) is 1.65. The zero-order valence-corrected chi connectivity index (χ0v) is 11.5. The average molecular weight is 250 g/mol. The Labute approximate surface area is 108 Å². The molecular weight excluding hydrogens is 228 g/mol. The monoisotopic (exact) mass is 250 g/mol. The molecule has 0 amide bonds. The molecule has 1 saturated carbocycles. The largest absolute Gasteiger partial charge is 0.370 e. The first kappa shape index (κ1) is 13.3. The first-order valence-corrected chi connectivity index (χ1v) is 6.74.